The third-order valence-electron chi connectivity index (χ3n) is 5.56. The average Bonchev–Trinajstić information content (AvgIpc) is 3.21. The Morgan fingerprint density at radius 1 is 1.26 bits per heavy atom. The number of carbonyl (C=O) groups is 2. The highest BCUT2D eigenvalue weighted by atomic mass is 32.1. The minimum atomic E-state index is -0.00637. The third-order valence-corrected chi connectivity index (χ3v) is 6.58. The van der Waals surface area contributed by atoms with Crippen molar-refractivity contribution in [3.63, 3.8) is 0 Å². The fourth-order valence-corrected chi connectivity index (χ4v) is 4.86. The first-order chi connectivity index (χ1) is 12.9. The average molecular weight is 388 g/mol. The summed E-state index contributed by atoms with van der Waals surface area (Å²) in [6, 6.07) is 0. The van der Waals surface area contributed by atoms with Crippen molar-refractivity contribution in [3.8, 4) is 0 Å². The number of hydrogen-bond donors (Lipinski definition) is 0. The van der Waals surface area contributed by atoms with Crippen molar-refractivity contribution in [3.05, 3.63) is 38.4 Å². The smallest absolute Gasteiger partial charge is 0.255 e. The first-order valence-electron chi connectivity index (χ1n) is 9.20. The van der Waals surface area contributed by atoms with Gasteiger partial charge >= 0.3 is 0 Å². The quantitative estimate of drug-likeness (QED) is 0.802. The Kier molecular flexibility index (Phi) is 4.77. The number of nitrogens with zero attached hydrogens (tertiary/aromatic N) is 4. The Bertz CT molecular complexity index is 868. The van der Waals surface area contributed by atoms with E-state index >= 15 is 0 Å². The molecule has 0 saturated carbocycles. The largest absolute Gasteiger partial charge is 0.361 e. The summed E-state index contributed by atoms with van der Waals surface area (Å²) in [4.78, 5) is 31.9. The van der Waals surface area contributed by atoms with Crippen LogP contribution in [0.5, 0.6) is 0 Å². The Hall–Kier alpha value is -2.19. The molecule has 0 aliphatic carbocycles. The van der Waals surface area contributed by atoms with Crippen LogP contribution < -0.4 is 0 Å². The second-order valence-electron chi connectivity index (χ2n) is 7.36. The van der Waals surface area contributed by atoms with Crippen molar-refractivity contribution in [2.75, 3.05) is 33.2 Å². The molecule has 0 unspecified atom stereocenters. The van der Waals surface area contributed by atoms with Crippen LogP contribution in [-0.4, -0.2) is 64.9 Å². The molecule has 1 fully saturated rings. The SMILES string of the molecule is Cc1noc(C)c1CN1CCc2c(C(=O)N3CCN(C)C(=O)C3)csc2C1. The second-order valence-corrected chi connectivity index (χ2v) is 8.32. The van der Waals surface area contributed by atoms with Crippen LogP contribution in [0.2, 0.25) is 0 Å². The Morgan fingerprint density at radius 2 is 2.07 bits per heavy atom. The van der Waals surface area contributed by atoms with Gasteiger partial charge in [0, 0.05) is 55.6 Å². The van der Waals surface area contributed by atoms with E-state index in [0.29, 0.717) is 13.1 Å². The van der Waals surface area contributed by atoms with E-state index in [9.17, 15) is 9.59 Å². The number of amides is 2. The highest BCUT2D eigenvalue weighted by Crippen LogP contribution is 2.31. The number of fused-ring (bicyclic) bond motifs is 1. The molecule has 2 amide bonds. The maximum Gasteiger partial charge on any atom is 0.255 e. The van der Waals surface area contributed by atoms with Gasteiger partial charge < -0.3 is 14.3 Å². The van der Waals surface area contributed by atoms with E-state index in [0.717, 1.165) is 54.2 Å². The van der Waals surface area contributed by atoms with Crippen LogP contribution in [0.3, 0.4) is 0 Å². The molecule has 27 heavy (non-hydrogen) atoms. The summed E-state index contributed by atoms with van der Waals surface area (Å²) < 4.78 is 5.27. The molecule has 0 aromatic carbocycles. The standard InChI is InChI=1S/C19H24N4O3S/c1-12-15(13(2)26-20-12)8-22-5-4-14-16(11-27-17(14)9-22)19(25)23-7-6-21(3)18(24)10-23/h11H,4-10H2,1-3H3. The second kappa shape index (κ2) is 7.09. The Labute approximate surface area is 162 Å². The lowest BCUT2D eigenvalue weighted by atomic mass is 10.0. The van der Waals surface area contributed by atoms with Crippen LogP contribution >= 0.6 is 11.3 Å². The molecule has 0 radical (unpaired) electrons. The number of aryl methyl sites for hydroxylation is 2. The van der Waals surface area contributed by atoms with Crippen LogP contribution in [-0.2, 0) is 24.3 Å². The zero-order chi connectivity index (χ0) is 19.1. The van der Waals surface area contributed by atoms with E-state index in [1.807, 2.05) is 19.2 Å². The summed E-state index contributed by atoms with van der Waals surface area (Å²) in [6.07, 6.45) is 0.852. The molecule has 2 aliphatic rings. The van der Waals surface area contributed by atoms with Gasteiger partial charge in [-0.25, -0.2) is 0 Å². The van der Waals surface area contributed by atoms with Crippen LogP contribution in [0.1, 0.15) is 37.8 Å². The van der Waals surface area contributed by atoms with E-state index in [-0.39, 0.29) is 18.4 Å². The molecule has 0 N–H and O–H groups in total. The molecule has 0 spiro atoms. The molecule has 0 atom stereocenters. The molecule has 2 aromatic heterocycles. The lowest BCUT2D eigenvalue weighted by Crippen LogP contribution is -2.50. The van der Waals surface area contributed by atoms with Crippen molar-refractivity contribution in [1.29, 1.82) is 0 Å². The summed E-state index contributed by atoms with van der Waals surface area (Å²) in [5, 5.41) is 6.00. The molecule has 1 saturated heterocycles. The minimum absolute atomic E-state index is 0.00401. The normalized spacial score (nSPS) is 18.1. The van der Waals surface area contributed by atoms with Crippen molar-refractivity contribution < 1.29 is 14.1 Å². The van der Waals surface area contributed by atoms with E-state index < -0.39 is 0 Å². The van der Waals surface area contributed by atoms with Gasteiger partial charge in [0.05, 0.1) is 11.3 Å². The fourth-order valence-electron chi connectivity index (χ4n) is 3.75. The molecule has 0 bridgehead atoms. The van der Waals surface area contributed by atoms with Crippen LogP contribution in [0.15, 0.2) is 9.90 Å². The molecule has 2 aliphatic heterocycles. The van der Waals surface area contributed by atoms with Crippen LogP contribution in [0.25, 0.3) is 0 Å². The van der Waals surface area contributed by atoms with Crippen molar-refractivity contribution in [1.82, 2.24) is 19.9 Å². The topological polar surface area (TPSA) is 69.9 Å². The monoisotopic (exact) mass is 388 g/mol. The van der Waals surface area contributed by atoms with E-state index in [2.05, 4.69) is 10.1 Å². The number of rotatable bonds is 3. The molecule has 4 rings (SSSR count). The molecule has 4 heterocycles. The molecule has 8 heteroatoms. The first kappa shape index (κ1) is 18.2. The highest BCUT2D eigenvalue weighted by molar-refractivity contribution is 7.10. The van der Waals surface area contributed by atoms with E-state index in [1.54, 1.807) is 28.2 Å². The highest BCUT2D eigenvalue weighted by Gasteiger charge is 2.30. The maximum atomic E-state index is 12.9. The van der Waals surface area contributed by atoms with Crippen molar-refractivity contribution in [2.45, 2.75) is 33.4 Å². The van der Waals surface area contributed by atoms with Crippen molar-refractivity contribution in [2.24, 2.45) is 0 Å². The van der Waals surface area contributed by atoms with Crippen molar-refractivity contribution >= 4 is 23.2 Å². The molecule has 7 nitrogen and oxygen atoms in total. The lowest BCUT2D eigenvalue weighted by molar-refractivity contribution is -0.133. The number of carbonyl (C=O) groups excluding carboxylic acids is 2. The Morgan fingerprint density at radius 3 is 2.78 bits per heavy atom. The molecule has 2 aromatic rings. The van der Waals surface area contributed by atoms with Gasteiger partial charge in [0.25, 0.3) is 5.91 Å². The van der Waals surface area contributed by atoms with Gasteiger partial charge in [0.1, 0.15) is 12.3 Å². The summed E-state index contributed by atoms with van der Waals surface area (Å²) in [7, 11) is 1.78. The van der Waals surface area contributed by atoms with Gasteiger partial charge in [0.2, 0.25) is 5.91 Å². The Balaban J connectivity index is 1.47. The maximum absolute atomic E-state index is 12.9. The molecule has 144 valence electrons. The van der Waals surface area contributed by atoms with E-state index in [1.165, 1.54) is 4.88 Å². The van der Waals surface area contributed by atoms with Gasteiger partial charge in [-0.2, -0.15) is 0 Å². The molecular formula is C19H24N4O3S. The third kappa shape index (κ3) is 3.39. The summed E-state index contributed by atoms with van der Waals surface area (Å²) in [5.74, 6) is 0.873. The lowest BCUT2D eigenvalue weighted by Gasteiger charge is -2.32. The number of aromatic nitrogens is 1. The number of likely N-dealkylation sites (N-methyl/N-ethyl adjacent to an activating group) is 1. The van der Waals surface area contributed by atoms with Gasteiger partial charge in [0.15, 0.2) is 0 Å². The molecular weight excluding hydrogens is 364 g/mol. The van der Waals surface area contributed by atoms with Gasteiger partial charge in [-0.05, 0) is 25.8 Å². The van der Waals surface area contributed by atoms with E-state index in [4.69, 9.17) is 4.52 Å². The number of hydrogen-bond acceptors (Lipinski definition) is 6. The zero-order valence-electron chi connectivity index (χ0n) is 15.9. The summed E-state index contributed by atoms with van der Waals surface area (Å²) >= 11 is 1.65. The van der Waals surface area contributed by atoms with Gasteiger partial charge in [-0.1, -0.05) is 5.16 Å². The number of thiophene rings is 1. The summed E-state index contributed by atoms with van der Waals surface area (Å²) in [6.45, 7) is 7.85. The summed E-state index contributed by atoms with van der Waals surface area (Å²) in [5.41, 5.74) is 4.04. The first-order valence-corrected chi connectivity index (χ1v) is 10.1. The number of piperazine rings is 1. The minimum Gasteiger partial charge on any atom is -0.361 e. The predicted molar refractivity (Wildman–Crippen MR) is 102 cm³/mol. The fraction of sp³-hybridized carbons (Fsp3) is 0.526. The van der Waals surface area contributed by atoms with Gasteiger partial charge in [-0.3, -0.25) is 14.5 Å². The van der Waals surface area contributed by atoms with Crippen LogP contribution in [0, 0.1) is 13.8 Å². The van der Waals surface area contributed by atoms with Crippen LogP contribution in [0.4, 0.5) is 0 Å². The predicted octanol–water partition coefficient (Wildman–Crippen LogP) is 1.83. The zero-order valence-corrected chi connectivity index (χ0v) is 16.8. The van der Waals surface area contributed by atoms with Gasteiger partial charge in [-0.15, -0.1) is 11.3 Å².